The van der Waals surface area contributed by atoms with Gasteiger partial charge >= 0.3 is 0 Å². The summed E-state index contributed by atoms with van der Waals surface area (Å²) in [7, 11) is 6.11. The average molecular weight is 854 g/mol. The fourth-order valence-corrected chi connectivity index (χ4v) is 10.5. The van der Waals surface area contributed by atoms with Gasteiger partial charge in [0.2, 0.25) is 17.6 Å². The molecule has 6 unspecified atom stereocenters. The van der Waals surface area contributed by atoms with Gasteiger partial charge in [-0.05, 0) is 89.6 Å². The van der Waals surface area contributed by atoms with Gasteiger partial charge in [0.25, 0.3) is 0 Å². The zero-order valence-corrected chi connectivity index (χ0v) is 35.9. The molecule has 322 valence electrons. The Hall–Kier alpha value is -7.46. The van der Waals surface area contributed by atoms with E-state index in [1.807, 2.05) is 121 Å². The lowest BCUT2D eigenvalue weighted by Crippen LogP contribution is -2.59. The molecule has 1 saturated carbocycles. The van der Waals surface area contributed by atoms with Gasteiger partial charge in [-0.2, -0.15) is 0 Å². The van der Waals surface area contributed by atoms with Gasteiger partial charge in [0.1, 0.15) is 11.5 Å². The number of amides is 2. The molecule has 4 aliphatic rings. The topological polar surface area (TPSA) is 129 Å². The zero-order valence-electron chi connectivity index (χ0n) is 35.9. The number of hydrogen-bond donors (Lipinski definition) is 1. The zero-order chi connectivity index (χ0) is 44.7. The van der Waals surface area contributed by atoms with Gasteiger partial charge < -0.3 is 24.1 Å². The Morgan fingerprint density at radius 3 is 2.00 bits per heavy atom. The number of benzene rings is 5. The molecule has 1 heterocycles. The number of nitrogens with zero attached hydrogens (tertiary/aromatic N) is 1. The molecule has 1 aliphatic heterocycles. The summed E-state index contributed by atoms with van der Waals surface area (Å²) in [6, 6.07) is 34.8. The van der Waals surface area contributed by atoms with Crippen molar-refractivity contribution in [2.24, 2.45) is 29.6 Å². The number of hydrogen-bond acceptors (Lipinski definition) is 9. The number of aromatic hydroxyl groups is 1. The first-order chi connectivity index (χ1) is 31.1. The third kappa shape index (κ3) is 6.90. The standard InChI is InChI=1S/C54H47NO9/c1-61-38-22-26-45(62-2)35(29-38)19-15-32-16-20-37(21-17-32)55-52(59)40-24-23-39-42(49(40)53(55)60)30-44-50(57)41(34-11-7-5-8-12-34)31-48(56)54(44,36-13-9-6-10-14-36)43(39)25-18-33-27-46(63-3)51(58)47(28-33)64-4/h5-23,25-29,31,40,42-44,49,58H,24,30H2,1-4H3. The summed E-state index contributed by atoms with van der Waals surface area (Å²) >= 11 is 0. The smallest absolute Gasteiger partial charge is 0.238 e. The first-order valence-corrected chi connectivity index (χ1v) is 21.2. The Kier molecular flexibility index (Phi) is 11.1. The Morgan fingerprint density at radius 1 is 0.672 bits per heavy atom. The fourth-order valence-electron chi connectivity index (χ4n) is 10.5. The van der Waals surface area contributed by atoms with Crippen LogP contribution in [-0.4, -0.2) is 56.9 Å². The molecule has 64 heavy (non-hydrogen) atoms. The highest BCUT2D eigenvalue weighted by atomic mass is 16.5. The Labute approximate surface area is 371 Å². The van der Waals surface area contributed by atoms with E-state index in [9.17, 15) is 14.7 Å². The van der Waals surface area contributed by atoms with Crippen molar-refractivity contribution in [3.8, 4) is 28.7 Å². The number of ether oxygens (including phenoxy) is 4. The Balaban J connectivity index is 1.13. The summed E-state index contributed by atoms with van der Waals surface area (Å²) in [5.74, 6) is -2.93. The third-order valence-corrected chi connectivity index (χ3v) is 13.5. The number of carbonyl (C=O) groups is 4. The number of fused-ring (bicyclic) bond motifs is 4. The summed E-state index contributed by atoms with van der Waals surface area (Å²) < 4.78 is 21.9. The van der Waals surface area contributed by atoms with Crippen LogP contribution in [-0.2, 0) is 24.6 Å². The van der Waals surface area contributed by atoms with Crippen LogP contribution in [0, 0.1) is 29.6 Å². The van der Waals surface area contributed by atoms with Gasteiger partial charge in [-0.1, -0.05) is 109 Å². The minimum atomic E-state index is -1.38. The molecule has 1 saturated heterocycles. The van der Waals surface area contributed by atoms with E-state index in [0.29, 0.717) is 39.4 Å². The normalized spacial score (nSPS) is 23.9. The number of anilines is 1. The first-order valence-electron chi connectivity index (χ1n) is 21.2. The number of Topliss-reactive ketones (excluding diaryl/α,β-unsaturated/α-hetero) is 1. The average Bonchev–Trinajstić information content (AvgIpc) is 3.59. The molecule has 5 aromatic rings. The van der Waals surface area contributed by atoms with Gasteiger partial charge in [-0.25, -0.2) is 0 Å². The maximum atomic E-state index is 15.3. The van der Waals surface area contributed by atoms with E-state index in [0.717, 1.165) is 16.7 Å². The summed E-state index contributed by atoms with van der Waals surface area (Å²) in [6.07, 6.45) is 11.6. The van der Waals surface area contributed by atoms with Crippen LogP contribution in [0.15, 0.2) is 139 Å². The highest BCUT2D eigenvalue weighted by Gasteiger charge is 2.65. The lowest BCUT2D eigenvalue weighted by Gasteiger charge is -2.54. The lowest BCUT2D eigenvalue weighted by atomic mass is 9.45. The van der Waals surface area contributed by atoms with E-state index >= 15 is 9.59 Å². The molecule has 2 fully saturated rings. The molecule has 9 rings (SSSR count). The molecule has 3 aliphatic carbocycles. The van der Waals surface area contributed by atoms with Crippen LogP contribution in [0.3, 0.4) is 0 Å². The molecule has 2 amide bonds. The number of phenolic OH excluding ortho intramolecular Hbond substituents is 1. The predicted molar refractivity (Wildman–Crippen MR) is 245 cm³/mol. The van der Waals surface area contributed by atoms with E-state index in [1.165, 1.54) is 25.2 Å². The SMILES string of the molecule is COc1ccc(OC)c(C=Cc2ccc(N3C(=O)C4CC=C5C(CC6C(=O)C(c7ccccc7)=CC(=O)C6(c6ccccc6)C5C=Cc5cc(OC)c(O)c(OC)c5)C4C3=O)cc2)c1. The van der Waals surface area contributed by atoms with Gasteiger partial charge in [0.15, 0.2) is 23.1 Å². The number of imide groups is 1. The Morgan fingerprint density at radius 2 is 1.34 bits per heavy atom. The monoisotopic (exact) mass is 853 g/mol. The van der Waals surface area contributed by atoms with Crippen LogP contribution < -0.4 is 23.8 Å². The fraction of sp³-hybridized carbons (Fsp3) is 0.222. The number of ketones is 2. The highest BCUT2D eigenvalue weighted by Crippen LogP contribution is 2.61. The van der Waals surface area contributed by atoms with E-state index in [2.05, 4.69) is 0 Å². The van der Waals surface area contributed by atoms with Crippen molar-refractivity contribution in [2.75, 3.05) is 33.3 Å². The molecule has 0 aromatic heterocycles. The van der Waals surface area contributed by atoms with E-state index in [4.69, 9.17) is 18.9 Å². The van der Waals surface area contributed by atoms with Crippen LogP contribution >= 0.6 is 0 Å². The van der Waals surface area contributed by atoms with E-state index in [-0.39, 0.29) is 53.5 Å². The van der Waals surface area contributed by atoms with Crippen LogP contribution in [0.2, 0.25) is 0 Å². The van der Waals surface area contributed by atoms with E-state index < -0.39 is 35.0 Å². The van der Waals surface area contributed by atoms with Gasteiger partial charge in [0.05, 0.1) is 51.4 Å². The summed E-state index contributed by atoms with van der Waals surface area (Å²) in [5.41, 5.74) is 3.87. The Bertz CT molecular complexity index is 2760. The van der Waals surface area contributed by atoms with Crippen LogP contribution in [0.5, 0.6) is 28.7 Å². The number of phenols is 1. The van der Waals surface area contributed by atoms with Crippen molar-refractivity contribution < 1.29 is 43.2 Å². The lowest BCUT2D eigenvalue weighted by molar-refractivity contribution is -0.135. The highest BCUT2D eigenvalue weighted by molar-refractivity contribution is 6.31. The second kappa shape index (κ2) is 17.0. The molecule has 6 atom stereocenters. The van der Waals surface area contributed by atoms with Crippen LogP contribution in [0.25, 0.3) is 23.8 Å². The first kappa shape index (κ1) is 41.9. The van der Waals surface area contributed by atoms with Crippen LogP contribution in [0.1, 0.15) is 40.7 Å². The molecular formula is C54H47NO9. The quantitative estimate of drug-likeness (QED) is 0.0786. The van der Waals surface area contributed by atoms with Crippen molar-refractivity contribution in [3.63, 3.8) is 0 Å². The molecule has 10 heteroatoms. The van der Waals surface area contributed by atoms with Gasteiger partial charge in [-0.3, -0.25) is 24.1 Å². The maximum Gasteiger partial charge on any atom is 0.238 e. The summed E-state index contributed by atoms with van der Waals surface area (Å²) in [6.45, 7) is 0. The molecule has 0 spiro atoms. The van der Waals surface area contributed by atoms with E-state index in [1.54, 1.807) is 38.5 Å². The van der Waals surface area contributed by atoms with Crippen molar-refractivity contribution in [2.45, 2.75) is 18.3 Å². The van der Waals surface area contributed by atoms with Crippen molar-refractivity contribution in [1.82, 2.24) is 0 Å². The summed E-state index contributed by atoms with van der Waals surface area (Å²) in [5, 5.41) is 10.7. The molecule has 10 nitrogen and oxygen atoms in total. The number of carbonyl (C=O) groups excluding carboxylic acids is 4. The maximum absolute atomic E-state index is 15.3. The third-order valence-electron chi connectivity index (χ3n) is 13.5. The number of methoxy groups -OCH3 is 4. The molecule has 0 bridgehead atoms. The molecule has 5 aromatic carbocycles. The summed E-state index contributed by atoms with van der Waals surface area (Å²) in [4.78, 5) is 61.3. The molecular weight excluding hydrogens is 807 g/mol. The predicted octanol–water partition coefficient (Wildman–Crippen LogP) is 9.17. The van der Waals surface area contributed by atoms with Crippen molar-refractivity contribution >= 4 is 52.9 Å². The van der Waals surface area contributed by atoms with Crippen LogP contribution in [0.4, 0.5) is 5.69 Å². The van der Waals surface area contributed by atoms with Crippen molar-refractivity contribution in [3.05, 3.63) is 167 Å². The van der Waals surface area contributed by atoms with Gasteiger partial charge in [0, 0.05) is 23.0 Å². The minimum absolute atomic E-state index is 0.151. The molecule has 1 N–H and O–H groups in total. The number of allylic oxidation sites excluding steroid dienone is 5. The largest absolute Gasteiger partial charge is 0.502 e. The van der Waals surface area contributed by atoms with Gasteiger partial charge in [-0.15, -0.1) is 0 Å². The molecule has 0 radical (unpaired) electrons. The second-order valence-corrected chi connectivity index (χ2v) is 16.5. The number of rotatable bonds is 11. The minimum Gasteiger partial charge on any atom is -0.502 e. The second-order valence-electron chi connectivity index (χ2n) is 16.5. The van der Waals surface area contributed by atoms with Crippen molar-refractivity contribution in [1.29, 1.82) is 0 Å².